The third kappa shape index (κ3) is 3.16. The van der Waals surface area contributed by atoms with Crippen LogP contribution in [0.25, 0.3) is 0 Å². The number of nitrogens with zero attached hydrogens (tertiary/aromatic N) is 1. The number of hydrogen-bond donors (Lipinski definition) is 1. The summed E-state index contributed by atoms with van der Waals surface area (Å²) in [5, 5.41) is 11.5. The van der Waals surface area contributed by atoms with Gasteiger partial charge in [-0.15, -0.1) is 0 Å². The minimum atomic E-state index is -0.880. The third-order valence-electron chi connectivity index (χ3n) is 1.86. The predicted octanol–water partition coefficient (Wildman–Crippen LogP) is 0.995. The SMILES string of the molecule is CCOC(=O)C(=O)C(C)/C(CC)=N\O. The molecular weight excluding hydrogens is 186 g/mol. The highest BCUT2D eigenvalue weighted by molar-refractivity contribution is 6.38. The van der Waals surface area contributed by atoms with E-state index in [0.717, 1.165) is 0 Å². The molecule has 0 aliphatic rings. The van der Waals surface area contributed by atoms with E-state index in [2.05, 4.69) is 9.89 Å². The Labute approximate surface area is 82.7 Å². The molecule has 0 rings (SSSR count). The molecule has 0 aromatic heterocycles. The van der Waals surface area contributed by atoms with Crippen molar-refractivity contribution >= 4 is 17.5 Å². The van der Waals surface area contributed by atoms with Crippen molar-refractivity contribution in [3.63, 3.8) is 0 Å². The van der Waals surface area contributed by atoms with Crippen LogP contribution in [-0.2, 0) is 14.3 Å². The lowest BCUT2D eigenvalue weighted by atomic mass is 9.99. The van der Waals surface area contributed by atoms with Crippen LogP contribution in [0.15, 0.2) is 5.16 Å². The van der Waals surface area contributed by atoms with Gasteiger partial charge in [0.1, 0.15) is 0 Å². The number of esters is 1. The summed E-state index contributed by atoms with van der Waals surface area (Å²) in [4.78, 5) is 22.3. The molecule has 1 atom stereocenters. The first-order valence-corrected chi connectivity index (χ1v) is 4.50. The van der Waals surface area contributed by atoms with Crippen molar-refractivity contribution in [3.05, 3.63) is 0 Å². The summed E-state index contributed by atoms with van der Waals surface area (Å²) in [5.41, 5.74) is 0.281. The minimum Gasteiger partial charge on any atom is -0.460 e. The summed E-state index contributed by atoms with van der Waals surface area (Å²) in [6.07, 6.45) is 0.419. The fourth-order valence-electron chi connectivity index (χ4n) is 0.994. The van der Waals surface area contributed by atoms with Crippen LogP contribution < -0.4 is 0 Å². The molecule has 0 aliphatic carbocycles. The first-order chi connectivity index (χ1) is 6.58. The summed E-state index contributed by atoms with van der Waals surface area (Å²) in [7, 11) is 0. The van der Waals surface area contributed by atoms with Gasteiger partial charge >= 0.3 is 5.97 Å². The maximum Gasteiger partial charge on any atom is 0.375 e. The van der Waals surface area contributed by atoms with Crippen molar-refractivity contribution in [2.75, 3.05) is 6.61 Å². The van der Waals surface area contributed by atoms with Crippen molar-refractivity contribution in [3.8, 4) is 0 Å². The lowest BCUT2D eigenvalue weighted by Crippen LogP contribution is -2.29. The summed E-state index contributed by atoms with van der Waals surface area (Å²) < 4.78 is 4.54. The molecular formula is C9H15NO4. The quantitative estimate of drug-likeness (QED) is 0.236. The van der Waals surface area contributed by atoms with E-state index in [1.165, 1.54) is 6.92 Å². The maximum absolute atomic E-state index is 11.3. The van der Waals surface area contributed by atoms with Crippen molar-refractivity contribution < 1.29 is 19.5 Å². The highest BCUT2D eigenvalue weighted by atomic mass is 16.5. The smallest absolute Gasteiger partial charge is 0.375 e. The minimum absolute atomic E-state index is 0.162. The molecule has 0 saturated carbocycles. The number of Topliss-reactive ketones (excluding diaryl/α,β-unsaturated/α-hetero) is 1. The van der Waals surface area contributed by atoms with Crippen LogP contribution in [0.1, 0.15) is 27.2 Å². The van der Waals surface area contributed by atoms with Crippen molar-refractivity contribution in [1.29, 1.82) is 0 Å². The molecule has 0 fully saturated rings. The zero-order chi connectivity index (χ0) is 11.1. The van der Waals surface area contributed by atoms with Crippen LogP contribution in [0.2, 0.25) is 0 Å². The Morgan fingerprint density at radius 3 is 2.36 bits per heavy atom. The number of carbonyl (C=O) groups excluding carboxylic acids is 2. The largest absolute Gasteiger partial charge is 0.460 e. The second-order valence-electron chi connectivity index (χ2n) is 2.75. The van der Waals surface area contributed by atoms with Gasteiger partial charge in [0.2, 0.25) is 5.78 Å². The first kappa shape index (κ1) is 12.6. The Morgan fingerprint density at radius 1 is 1.43 bits per heavy atom. The molecule has 14 heavy (non-hydrogen) atoms. The van der Waals surface area contributed by atoms with E-state index >= 15 is 0 Å². The molecule has 0 aliphatic heterocycles. The topological polar surface area (TPSA) is 76.0 Å². The number of rotatable bonds is 5. The molecule has 0 spiro atoms. The highest BCUT2D eigenvalue weighted by Gasteiger charge is 2.26. The zero-order valence-corrected chi connectivity index (χ0v) is 8.61. The van der Waals surface area contributed by atoms with Crippen LogP contribution >= 0.6 is 0 Å². The number of hydrogen-bond acceptors (Lipinski definition) is 5. The molecule has 80 valence electrons. The normalized spacial score (nSPS) is 13.5. The molecule has 0 amide bonds. The number of oxime groups is 1. The second-order valence-corrected chi connectivity index (χ2v) is 2.75. The van der Waals surface area contributed by atoms with Crippen molar-refractivity contribution in [1.82, 2.24) is 0 Å². The fourth-order valence-corrected chi connectivity index (χ4v) is 0.994. The molecule has 0 saturated heterocycles. The van der Waals surface area contributed by atoms with E-state index < -0.39 is 17.7 Å². The lowest BCUT2D eigenvalue weighted by Gasteiger charge is -2.09. The van der Waals surface area contributed by atoms with E-state index in [9.17, 15) is 9.59 Å². The van der Waals surface area contributed by atoms with Crippen molar-refractivity contribution in [2.45, 2.75) is 27.2 Å². The molecule has 0 aromatic rings. The molecule has 0 aromatic carbocycles. The van der Waals surface area contributed by atoms with Gasteiger partial charge in [0, 0.05) is 0 Å². The molecule has 1 unspecified atom stereocenters. The van der Waals surface area contributed by atoms with Gasteiger partial charge in [-0.2, -0.15) is 0 Å². The summed E-state index contributed by atoms with van der Waals surface area (Å²) >= 11 is 0. The van der Waals surface area contributed by atoms with Gasteiger partial charge in [-0.3, -0.25) is 4.79 Å². The van der Waals surface area contributed by atoms with Gasteiger partial charge in [-0.25, -0.2) is 4.79 Å². The van der Waals surface area contributed by atoms with E-state index in [4.69, 9.17) is 5.21 Å². The van der Waals surface area contributed by atoms with Crippen LogP contribution in [0.4, 0.5) is 0 Å². The van der Waals surface area contributed by atoms with Crippen LogP contribution in [0.3, 0.4) is 0 Å². The van der Waals surface area contributed by atoms with Gasteiger partial charge in [-0.1, -0.05) is 12.1 Å². The van der Waals surface area contributed by atoms with Gasteiger partial charge in [0.05, 0.1) is 18.2 Å². The average molecular weight is 201 g/mol. The first-order valence-electron chi connectivity index (χ1n) is 4.50. The van der Waals surface area contributed by atoms with Gasteiger partial charge < -0.3 is 9.94 Å². The van der Waals surface area contributed by atoms with E-state index in [0.29, 0.717) is 6.42 Å². The van der Waals surface area contributed by atoms with Crippen LogP contribution in [0, 0.1) is 5.92 Å². The molecule has 0 bridgehead atoms. The monoisotopic (exact) mass is 201 g/mol. The van der Waals surface area contributed by atoms with Gasteiger partial charge in [0.15, 0.2) is 0 Å². The second kappa shape index (κ2) is 6.12. The molecule has 0 radical (unpaired) electrons. The zero-order valence-electron chi connectivity index (χ0n) is 8.61. The molecule has 1 N–H and O–H groups in total. The Kier molecular flexibility index (Phi) is 5.52. The fraction of sp³-hybridized carbons (Fsp3) is 0.667. The molecule has 0 heterocycles. The highest BCUT2D eigenvalue weighted by Crippen LogP contribution is 2.05. The third-order valence-corrected chi connectivity index (χ3v) is 1.86. The van der Waals surface area contributed by atoms with Gasteiger partial charge in [-0.05, 0) is 20.3 Å². The summed E-state index contributed by atoms with van der Waals surface area (Å²) in [6.45, 7) is 5.04. The van der Waals surface area contributed by atoms with E-state index in [1.807, 2.05) is 0 Å². The average Bonchev–Trinajstić information content (AvgIpc) is 2.18. The Hall–Kier alpha value is -1.39. The summed E-state index contributed by atoms with van der Waals surface area (Å²) in [5.74, 6) is -2.28. The number of carbonyl (C=O) groups is 2. The number of ketones is 1. The van der Waals surface area contributed by atoms with Crippen LogP contribution in [0.5, 0.6) is 0 Å². The Morgan fingerprint density at radius 2 is 2.00 bits per heavy atom. The standard InChI is InChI=1S/C9H15NO4/c1-4-7(10-13)6(3)8(11)9(12)14-5-2/h6,13H,4-5H2,1-3H3/b10-7-. The van der Waals surface area contributed by atoms with E-state index in [1.54, 1.807) is 13.8 Å². The molecule has 5 heteroatoms. The maximum atomic E-state index is 11.3. The van der Waals surface area contributed by atoms with Crippen LogP contribution in [-0.4, -0.2) is 29.3 Å². The molecule has 5 nitrogen and oxygen atoms in total. The lowest BCUT2D eigenvalue weighted by molar-refractivity contribution is -0.154. The summed E-state index contributed by atoms with van der Waals surface area (Å²) in [6, 6.07) is 0. The number of ether oxygens (including phenoxy) is 1. The van der Waals surface area contributed by atoms with Gasteiger partial charge in [0.25, 0.3) is 0 Å². The van der Waals surface area contributed by atoms with E-state index in [-0.39, 0.29) is 12.3 Å². The Balaban J connectivity index is 4.46. The Bertz CT molecular complexity index is 247. The predicted molar refractivity (Wildman–Crippen MR) is 50.3 cm³/mol. The van der Waals surface area contributed by atoms with Crippen molar-refractivity contribution in [2.24, 2.45) is 11.1 Å².